The number of anilines is 2. The first-order valence-electron chi connectivity index (χ1n) is 7.11. The minimum Gasteiger partial charge on any atom is -0.356 e. The molecule has 3 rings (SSSR count). The molecule has 1 aliphatic heterocycles. The molecule has 1 fully saturated rings. The molecule has 6 heteroatoms. The number of hydrogen-bond donors (Lipinski definition) is 1. The van der Waals surface area contributed by atoms with Crippen LogP contribution in [0.1, 0.15) is 23.2 Å². The predicted octanol–water partition coefficient (Wildman–Crippen LogP) is 3.21. The lowest BCUT2D eigenvalue weighted by Gasteiger charge is -2.19. The highest BCUT2D eigenvalue weighted by Gasteiger charge is 2.20. The van der Waals surface area contributed by atoms with E-state index in [-0.39, 0.29) is 11.6 Å². The Hall–Kier alpha value is -2.50. The number of amides is 1. The summed E-state index contributed by atoms with van der Waals surface area (Å²) in [6.07, 6.45) is 3.78. The molecule has 0 saturated carbocycles. The lowest BCUT2D eigenvalue weighted by molar-refractivity contribution is 0.102. The Morgan fingerprint density at radius 3 is 2.64 bits per heavy atom. The number of benzene rings is 1. The SMILES string of the molecule is O=C(Nc1ccc(F)c(F)c1)c1cccnc1N1CCCC1. The molecule has 1 aliphatic rings. The lowest BCUT2D eigenvalue weighted by atomic mass is 10.2. The van der Waals surface area contributed by atoms with Crippen molar-refractivity contribution in [3.63, 3.8) is 0 Å². The lowest BCUT2D eigenvalue weighted by Crippen LogP contribution is -2.24. The van der Waals surface area contributed by atoms with E-state index in [2.05, 4.69) is 15.2 Å². The van der Waals surface area contributed by atoms with Crippen LogP contribution in [0.3, 0.4) is 0 Å². The van der Waals surface area contributed by atoms with Gasteiger partial charge in [0.25, 0.3) is 5.91 Å². The maximum atomic E-state index is 13.2. The van der Waals surface area contributed by atoms with Crippen molar-refractivity contribution in [1.29, 1.82) is 0 Å². The molecular formula is C16H15F2N3O. The Labute approximate surface area is 126 Å². The summed E-state index contributed by atoms with van der Waals surface area (Å²) in [5.74, 6) is -1.71. The Morgan fingerprint density at radius 1 is 1.14 bits per heavy atom. The summed E-state index contributed by atoms with van der Waals surface area (Å²) in [5, 5.41) is 2.58. The van der Waals surface area contributed by atoms with E-state index in [1.807, 2.05) is 0 Å². The van der Waals surface area contributed by atoms with Crippen molar-refractivity contribution in [2.75, 3.05) is 23.3 Å². The molecule has 22 heavy (non-hydrogen) atoms. The molecule has 4 nitrogen and oxygen atoms in total. The van der Waals surface area contributed by atoms with Gasteiger partial charge in [0.2, 0.25) is 0 Å². The van der Waals surface area contributed by atoms with Crippen LogP contribution < -0.4 is 10.2 Å². The number of carbonyl (C=O) groups is 1. The van der Waals surface area contributed by atoms with Crippen molar-refractivity contribution in [3.8, 4) is 0 Å². The largest absolute Gasteiger partial charge is 0.356 e. The number of halogens is 2. The zero-order chi connectivity index (χ0) is 15.5. The van der Waals surface area contributed by atoms with E-state index in [0.29, 0.717) is 11.4 Å². The highest BCUT2D eigenvalue weighted by Crippen LogP contribution is 2.23. The molecule has 0 aliphatic carbocycles. The van der Waals surface area contributed by atoms with Crippen LogP contribution in [0.4, 0.5) is 20.3 Å². The van der Waals surface area contributed by atoms with Crippen LogP contribution in [0, 0.1) is 11.6 Å². The molecular weight excluding hydrogens is 288 g/mol. The summed E-state index contributed by atoms with van der Waals surface area (Å²) in [6, 6.07) is 6.62. The van der Waals surface area contributed by atoms with Gasteiger partial charge in [0.1, 0.15) is 5.82 Å². The summed E-state index contributed by atoms with van der Waals surface area (Å²) in [6.45, 7) is 1.73. The molecule has 2 heterocycles. The van der Waals surface area contributed by atoms with Crippen LogP contribution in [-0.2, 0) is 0 Å². The highest BCUT2D eigenvalue weighted by molar-refractivity contribution is 6.07. The van der Waals surface area contributed by atoms with Gasteiger partial charge in [-0.1, -0.05) is 0 Å². The summed E-state index contributed by atoms with van der Waals surface area (Å²) < 4.78 is 26.1. The zero-order valence-corrected chi connectivity index (χ0v) is 11.9. The van der Waals surface area contributed by atoms with Crippen molar-refractivity contribution >= 4 is 17.4 Å². The molecule has 0 radical (unpaired) electrons. The maximum absolute atomic E-state index is 13.2. The van der Waals surface area contributed by atoms with Gasteiger partial charge in [0.15, 0.2) is 11.6 Å². The van der Waals surface area contributed by atoms with Gasteiger partial charge in [-0.15, -0.1) is 0 Å². The van der Waals surface area contributed by atoms with Gasteiger partial charge in [-0.3, -0.25) is 4.79 Å². The Balaban J connectivity index is 1.84. The van der Waals surface area contributed by atoms with Crippen LogP contribution in [0.15, 0.2) is 36.5 Å². The van der Waals surface area contributed by atoms with Crippen LogP contribution in [-0.4, -0.2) is 24.0 Å². The minimum absolute atomic E-state index is 0.208. The van der Waals surface area contributed by atoms with Crippen molar-refractivity contribution < 1.29 is 13.6 Å². The van der Waals surface area contributed by atoms with Gasteiger partial charge in [0.05, 0.1) is 5.56 Å². The van der Waals surface area contributed by atoms with E-state index in [9.17, 15) is 13.6 Å². The average Bonchev–Trinajstić information content (AvgIpc) is 3.05. The van der Waals surface area contributed by atoms with Gasteiger partial charge in [-0.25, -0.2) is 13.8 Å². The first kappa shape index (κ1) is 14.4. The molecule has 1 aromatic carbocycles. The molecule has 2 aromatic rings. The number of hydrogen-bond acceptors (Lipinski definition) is 3. The molecule has 0 bridgehead atoms. The fourth-order valence-corrected chi connectivity index (χ4v) is 2.53. The number of rotatable bonds is 3. The number of nitrogens with one attached hydrogen (secondary N) is 1. The molecule has 1 aromatic heterocycles. The van der Waals surface area contributed by atoms with Gasteiger partial charge < -0.3 is 10.2 Å². The standard InChI is InChI=1S/C16H15F2N3O/c17-13-6-5-11(10-14(13)18)20-16(22)12-4-3-7-19-15(12)21-8-1-2-9-21/h3-7,10H,1-2,8-9H2,(H,20,22). The van der Waals surface area contributed by atoms with Crippen molar-refractivity contribution in [1.82, 2.24) is 4.98 Å². The van der Waals surface area contributed by atoms with Gasteiger partial charge in [0, 0.05) is 31.0 Å². The number of aromatic nitrogens is 1. The molecule has 1 saturated heterocycles. The Morgan fingerprint density at radius 2 is 1.91 bits per heavy atom. The Bertz CT molecular complexity index is 700. The first-order chi connectivity index (χ1) is 10.6. The molecule has 0 unspecified atom stereocenters. The molecule has 0 spiro atoms. The maximum Gasteiger partial charge on any atom is 0.259 e. The zero-order valence-electron chi connectivity index (χ0n) is 11.9. The third-order valence-electron chi connectivity index (χ3n) is 3.61. The van der Waals surface area contributed by atoms with E-state index >= 15 is 0 Å². The summed E-state index contributed by atoms with van der Waals surface area (Å²) in [5.41, 5.74) is 0.634. The quantitative estimate of drug-likeness (QED) is 0.947. The van der Waals surface area contributed by atoms with E-state index in [4.69, 9.17) is 0 Å². The van der Waals surface area contributed by atoms with Gasteiger partial charge >= 0.3 is 0 Å². The monoisotopic (exact) mass is 303 g/mol. The fourth-order valence-electron chi connectivity index (χ4n) is 2.53. The second-order valence-electron chi connectivity index (χ2n) is 5.15. The average molecular weight is 303 g/mol. The number of nitrogens with zero attached hydrogens (tertiary/aromatic N) is 2. The Kier molecular flexibility index (Phi) is 4.00. The fraction of sp³-hybridized carbons (Fsp3) is 0.250. The highest BCUT2D eigenvalue weighted by atomic mass is 19.2. The smallest absolute Gasteiger partial charge is 0.259 e. The third kappa shape index (κ3) is 2.90. The minimum atomic E-state index is -0.997. The van der Waals surface area contributed by atoms with Gasteiger partial charge in [-0.05, 0) is 37.1 Å². The summed E-state index contributed by atoms with van der Waals surface area (Å²) in [7, 11) is 0. The summed E-state index contributed by atoms with van der Waals surface area (Å²) in [4.78, 5) is 18.7. The van der Waals surface area contributed by atoms with Gasteiger partial charge in [-0.2, -0.15) is 0 Å². The topological polar surface area (TPSA) is 45.2 Å². The number of carbonyl (C=O) groups excluding carboxylic acids is 1. The first-order valence-corrected chi connectivity index (χ1v) is 7.11. The van der Waals surface area contributed by atoms with Crippen molar-refractivity contribution in [3.05, 3.63) is 53.7 Å². The molecule has 114 valence electrons. The molecule has 1 amide bonds. The number of pyridine rings is 1. The van der Waals surface area contributed by atoms with Crippen molar-refractivity contribution in [2.24, 2.45) is 0 Å². The second kappa shape index (κ2) is 6.09. The van der Waals surface area contributed by atoms with Crippen molar-refractivity contribution in [2.45, 2.75) is 12.8 Å². The van der Waals surface area contributed by atoms with Crippen LogP contribution in [0.5, 0.6) is 0 Å². The third-order valence-corrected chi connectivity index (χ3v) is 3.61. The normalized spacial score (nSPS) is 14.2. The van der Waals surface area contributed by atoms with Crippen LogP contribution in [0.2, 0.25) is 0 Å². The van der Waals surface area contributed by atoms with Crippen LogP contribution >= 0.6 is 0 Å². The van der Waals surface area contributed by atoms with Crippen LogP contribution in [0.25, 0.3) is 0 Å². The van der Waals surface area contributed by atoms with E-state index in [0.717, 1.165) is 38.1 Å². The second-order valence-corrected chi connectivity index (χ2v) is 5.15. The molecule has 1 N–H and O–H groups in total. The molecule has 0 atom stereocenters. The van der Waals surface area contributed by atoms with E-state index < -0.39 is 11.6 Å². The predicted molar refractivity (Wildman–Crippen MR) is 80.0 cm³/mol. The summed E-state index contributed by atoms with van der Waals surface area (Å²) >= 11 is 0. The van der Waals surface area contributed by atoms with E-state index in [1.54, 1.807) is 18.3 Å². The van der Waals surface area contributed by atoms with E-state index in [1.165, 1.54) is 6.07 Å².